The van der Waals surface area contributed by atoms with Crippen molar-refractivity contribution in [3.05, 3.63) is 0 Å². The van der Waals surface area contributed by atoms with Crippen molar-refractivity contribution in [3.8, 4) is 0 Å². The van der Waals surface area contributed by atoms with Crippen LogP contribution in [0.15, 0.2) is 0 Å². The summed E-state index contributed by atoms with van der Waals surface area (Å²) in [5, 5.41) is 4.40. The Morgan fingerprint density at radius 3 is 2.55 bits per heavy atom. The van der Waals surface area contributed by atoms with Crippen molar-refractivity contribution >= 4 is 11.8 Å². The molecule has 1 saturated heterocycles. The van der Waals surface area contributed by atoms with E-state index in [0.29, 0.717) is 0 Å². The van der Waals surface area contributed by atoms with E-state index in [0.717, 1.165) is 11.3 Å². The summed E-state index contributed by atoms with van der Waals surface area (Å²) in [4.78, 5) is 0. The fourth-order valence-corrected chi connectivity index (χ4v) is 3.46. The van der Waals surface area contributed by atoms with Crippen LogP contribution in [0.3, 0.4) is 0 Å². The third-order valence-electron chi connectivity index (χ3n) is 2.82. The van der Waals surface area contributed by atoms with Crippen molar-refractivity contribution in [2.45, 2.75) is 37.5 Å². The summed E-state index contributed by atoms with van der Waals surface area (Å²) in [7, 11) is 0. The normalized spacial score (nSPS) is 34.4. The van der Waals surface area contributed by atoms with Crippen LogP contribution in [-0.2, 0) is 0 Å². The summed E-state index contributed by atoms with van der Waals surface area (Å²) in [6, 6.07) is 0. The molecular formula is C9H17NS. The third-order valence-corrected chi connectivity index (χ3v) is 4.17. The largest absolute Gasteiger partial charge is 0.304 e. The van der Waals surface area contributed by atoms with Gasteiger partial charge in [0.1, 0.15) is 0 Å². The minimum atomic E-state index is 0.815. The number of thioether (sulfide) groups is 1. The summed E-state index contributed by atoms with van der Waals surface area (Å²) in [6.07, 6.45) is 7.38. The highest BCUT2D eigenvalue weighted by atomic mass is 32.2. The van der Waals surface area contributed by atoms with E-state index in [2.05, 4.69) is 17.1 Å². The molecule has 1 nitrogen and oxygen atoms in total. The number of nitrogens with one attached hydrogen (secondary N) is 1. The predicted octanol–water partition coefficient (Wildman–Crippen LogP) is 2.23. The quantitative estimate of drug-likeness (QED) is 0.649. The Morgan fingerprint density at radius 1 is 1.09 bits per heavy atom. The zero-order chi connectivity index (χ0) is 7.52. The van der Waals surface area contributed by atoms with Crippen LogP contribution in [0.25, 0.3) is 0 Å². The molecule has 2 aliphatic rings. The Balaban J connectivity index is 1.82. The SMILES string of the molecule is C1CCC([C@@H]2NCCS2)CC1. The first-order chi connectivity index (χ1) is 5.47. The second kappa shape index (κ2) is 3.81. The molecule has 0 radical (unpaired) electrons. The van der Waals surface area contributed by atoms with Gasteiger partial charge in [-0.3, -0.25) is 0 Å². The maximum Gasteiger partial charge on any atom is 0.0561 e. The van der Waals surface area contributed by atoms with Gasteiger partial charge in [0.05, 0.1) is 5.37 Å². The molecule has 1 aliphatic heterocycles. The average molecular weight is 171 g/mol. The summed E-state index contributed by atoms with van der Waals surface area (Å²) < 4.78 is 0. The van der Waals surface area contributed by atoms with Gasteiger partial charge in [-0.15, -0.1) is 11.8 Å². The molecule has 0 amide bonds. The van der Waals surface area contributed by atoms with Crippen molar-refractivity contribution in [2.24, 2.45) is 5.92 Å². The molecule has 2 fully saturated rings. The highest BCUT2D eigenvalue weighted by Crippen LogP contribution is 2.32. The van der Waals surface area contributed by atoms with Crippen molar-refractivity contribution in [1.82, 2.24) is 5.32 Å². The Labute approximate surface area is 73.3 Å². The smallest absolute Gasteiger partial charge is 0.0561 e. The molecule has 64 valence electrons. The minimum absolute atomic E-state index is 0.815. The van der Waals surface area contributed by atoms with Gasteiger partial charge in [-0.25, -0.2) is 0 Å². The summed E-state index contributed by atoms with van der Waals surface area (Å²) in [5.74, 6) is 2.33. The van der Waals surface area contributed by atoms with E-state index in [1.807, 2.05) is 0 Å². The maximum atomic E-state index is 3.59. The molecule has 1 N–H and O–H groups in total. The monoisotopic (exact) mass is 171 g/mol. The molecule has 1 saturated carbocycles. The molecule has 11 heavy (non-hydrogen) atoms. The molecule has 1 atom stereocenters. The minimum Gasteiger partial charge on any atom is -0.304 e. The molecule has 0 aromatic heterocycles. The number of hydrogen-bond donors (Lipinski definition) is 1. The second-order valence-corrected chi connectivity index (χ2v) is 4.89. The van der Waals surface area contributed by atoms with Gasteiger partial charge in [-0.2, -0.15) is 0 Å². The van der Waals surface area contributed by atoms with Gasteiger partial charge >= 0.3 is 0 Å². The van der Waals surface area contributed by atoms with Crippen molar-refractivity contribution in [3.63, 3.8) is 0 Å². The molecule has 1 heterocycles. The van der Waals surface area contributed by atoms with E-state index in [-0.39, 0.29) is 0 Å². The van der Waals surface area contributed by atoms with Crippen LogP contribution < -0.4 is 5.32 Å². The first-order valence-corrected chi connectivity index (χ1v) is 5.87. The van der Waals surface area contributed by atoms with Gasteiger partial charge in [-0.1, -0.05) is 19.3 Å². The molecule has 0 aromatic rings. The van der Waals surface area contributed by atoms with E-state index in [9.17, 15) is 0 Å². The third kappa shape index (κ3) is 1.91. The van der Waals surface area contributed by atoms with E-state index in [1.165, 1.54) is 44.4 Å². The van der Waals surface area contributed by atoms with Gasteiger partial charge in [0.2, 0.25) is 0 Å². The Bertz CT molecular complexity index is 115. The van der Waals surface area contributed by atoms with E-state index < -0.39 is 0 Å². The summed E-state index contributed by atoms with van der Waals surface area (Å²) in [5.41, 5.74) is 0. The Morgan fingerprint density at radius 2 is 1.91 bits per heavy atom. The Hall–Kier alpha value is 0.310. The lowest BCUT2D eigenvalue weighted by Crippen LogP contribution is -2.29. The fourth-order valence-electron chi connectivity index (χ4n) is 2.19. The van der Waals surface area contributed by atoms with Gasteiger partial charge in [0, 0.05) is 12.3 Å². The highest BCUT2D eigenvalue weighted by molar-refractivity contribution is 8.00. The van der Waals surface area contributed by atoms with E-state index in [1.54, 1.807) is 0 Å². The lowest BCUT2D eigenvalue weighted by molar-refractivity contribution is 0.332. The summed E-state index contributed by atoms with van der Waals surface area (Å²) in [6.45, 7) is 1.24. The molecule has 0 bridgehead atoms. The molecular weight excluding hydrogens is 154 g/mol. The standard InChI is InChI=1S/C9H17NS/c1-2-4-8(5-3-1)9-10-6-7-11-9/h8-10H,1-7H2/t9-/m1/s1. The maximum absolute atomic E-state index is 3.59. The first-order valence-electron chi connectivity index (χ1n) is 4.82. The lowest BCUT2D eigenvalue weighted by Gasteiger charge is -2.26. The topological polar surface area (TPSA) is 12.0 Å². The molecule has 0 aromatic carbocycles. The fraction of sp³-hybridized carbons (Fsp3) is 1.00. The van der Waals surface area contributed by atoms with Gasteiger partial charge in [-0.05, 0) is 18.8 Å². The molecule has 2 rings (SSSR count). The number of hydrogen-bond acceptors (Lipinski definition) is 2. The Kier molecular flexibility index (Phi) is 2.75. The van der Waals surface area contributed by atoms with Gasteiger partial charge in [0.25, 0.3) is 0 Å². The first kappa shape index (κ1) is 7.93. The lowest BCUT2D eigenvalue weighted by atomic mass is 9.89. The van der Waals surface area contributed by atoms with Crippen molar-refractivity contribution in [1.29, 1.82) is 0 Å². The molecule has 1 aliphatic carbocycles. The van der Waals surface area contributed by atoms with E-state index in [4.69, 9.17) is 0 Å². The molecule has 2 heteroatoms. The van der Waals surface area contributed by atoms with Crippen LogP contribution in [0.5, 0.6) is 0 Å². The van der Waals surface area contributed by atoms with Crippen LogP contribution in [-0.4, -0.2) is 17.7 Å². The van der Waals surface area contributed by atoms with Gasteiger partial charge < -0.3 is 5.32 Å². The van der Waals surface area contributed by atoms with Crippen LogP contribution in [0.1, 0.15) is 32.1 Å². The molecule has 0 unspecified atom stereocenters. The van der Waals surface area contributed by atoms with E-state index >= 15 is 0 Å². The van der Waals surface area contributed by atoms with Crippen molar-refractivity contribution in [2.75, 3.05) is 12.3 Å². The van der Waals surface area contributed by atoms with Crippen LogP contribution in [0.4, 0.5) is 0 Å². The highest BCUT2D eigenvalue weighted by Gasteiger charge is 2.25. The zero-order valence-corrected chi connectivity index (χ0v) is 7.83. The van der Waals surface area contributed by atoms with Crippen LogP contribution in [0, 0.1) is 5.92 Å². The zero-order valence-electron chi connectivity index (χ0n) is 7.01. The summed E-state index contributed by atoms with van der Waals surface area (Å²) >= 11 is 2.14. The predicted molar refractivity (Wildman–Crippen MR) is 50.8 cm³/mol. The number of rotatable bonds is 1. The molecule has 0 spiro atoms. The average Bonchev–Trinajstić information content (AvgIpc) is 2.58. The van der Waals surface area contributed by atoms with Crippen LogP contribution >= 0.6 is 11.8 Å². The van der Waals surface area contributed by atoms with Gasteiger partial charge in [0.15, 0.2) is 0 Å². The van der Waals surface area contributed by atoms with Crippen molar-refractivity contribution < 1.29 is 0 Å². The van der Waals surface area contributed by atoms with Crippen LogP contribution in [0.2, 0.25) is 0 Å². The second-order valence-electron chi connectivity index (χ2n) is 3.64.